The van der Waals surface area contributed by atoms with E-state index in [1.165, 1.54) is 51.4 Å². The standard InChI is InChI=1S/C17H33N3/c1-3-4-5-6-7-8-9-10-11-12-13-17-19-14-15-20(17)16(2)18/h9-10,14-17,19H,3-8,11-13,18H2,1-2H3/b10-9+. The number of hydrogen-bond donors (Lipinski definition) is 2. The van der Waals surface area contributed by atoms with Crippen molar-refractivity contribution in [3.8, 4) is 0 Å². The molecule has 0 saturated carbocycles. The number of nitrogens with one attached hydrogen (secondary N) is 1. The van der Waals surface area contributed by atoms with Gasteiger partial charge in [-0.05, 0) is 39.0 Å². The van der Waals surface area contributed by atoms with Gasteiger partial charge < -0.3 is 16.0 Å². The zero-order valence-corrected chi connectivity index (χ0v) is 13.4. The van der Waals surface area contributed by atoms with Crippen LogP contribution in [0.25, 0.3) is 0 Å². The molecule has 3 heteroatoms. The summed E-state index contributed by atoms with van der Waals surface area (Å²) in [5.74, 6) is 0. The van der Waals surface area contributed by atoms with Crippen LogP contribution in [0.4, 0.5) is 0 Å². The Hall–Kier alpha value is -0.960. The molecule has 2 atom stereocenters. The Bertz CT molecular complexity index is 284. The fraction of sp³-hybridized carbons (Fsp3) is 0.765. The topological polar surface area (TPSA) is 41.3 Å². The lowest BCUT2D eigenvalue weighted by molar-refractivity contribution is 0.209. The van der Waals surface area contributed by atoms with Crippen molar-refractivity contribution in [2.24, 2.45) is 5.73 Å². The molecule has 3 nitrogen and oxygen atoms in total. The average Bonchev–Trinajstić information content (AvgIpc) is 2.89. The number of unbranched alkanes of at least 4 members (excludes halogenated alkanes) is 6. The molecule has 0 aliphatic carbocycles. The molecule has 116 valence electrons. The molecule has 3 N–H and O–H groups in total. The van der Waals surface area contributed by atoms with Gasteiger partial charge in [-0.2, -0.15) is 0 Å². The smallest absolute Gasteiger partial charge is 0.0995 e. The fourth-order valence-corrected chi connectivity index (χ4v) is 2.61. The minimum Gasteiger partial charge on any atom is -0.370 e. The molecule has 0 amide bonds. The SMILES string of the molecule is CCCCCCC/C=C/CCCC1NC=CN1C(C)N. The summed E-state index contributed by atoms with van der Waals surface area (Å²) >= 11 is 0. The minimum atomic E-state index is 0.0879. The van der Waals surface area contributed by atoms with Crippen LogP contribution < -0.4 is 11.1 Å². The molecule has 0 spiro atoms. The van der Waals surface area contributed by atoms with Crippen LogP contribution >= 0.6 is 0 Å². The van der Waals surface area contributed by atoms with Crippen LogP contribution in [-0.2, 0) is 0 Å². The largest absolute Gasteiger partial charge is 0.370 e. The van der Waals surface area contributed by atoms with Gasteiger partial charge in [0.25, 0.3) is 0 Å². The molecular formula is C17H33N3. The maximum atomic E-state index is 5.93. The lowest BCUT2D eigenvalue weighted by Crippen LogP contribution is -2.44. The first-order chi connectivity index (χ1) is 9.75. The van der Waals surface area contributed by atoms with Crippen molar-refractivity contribution in [1.29, 1.82) is 0 Å². The molecule has 0 aromatic heterocycles. The van der Waals surface area contributed by atoms with Gasteiger partial charge in [-0.25, -0.2) is 0 Å². The molecule has 1 aliphatic heterocycles. The molecule has 1 aliphatic rings. The van der Waals surface area contributed by atoms with E-state index in [1.807, 2.05) is 13.1 Å². The van der Waals surface area contributed by atoms with Gasteiger partial charge in [0.15, 0.2) is 0 Å². The van der Waals surface area contributed by atoms with Crippen LogP contribution in [0.1, 0.15) is 71.6 Å². The summed E-state index contributed by atoms with van der Waals surface area (Å²) in [6.45, 7) is 4.30. The molecule has 0 saturated heterocycles. The molecule has 0 aromatic carbocycles. The minimum absolute atomic E-state index is 0.0879. The third-order valence-electron chi connectivity index (χ3n) is 3.85. The molecule has 1 rings (SSSR count). The lowest BCUT2D eigenvalue weighted by atomic mass is 10.1. The Morgan fingerprint density at radius 2 is 1.85 bits per heavy atom. The third-order valence-corrected chi connectivity index (χ3v) is 3.85. The highest BCUT2D eigenvalue weighted by molar-refractivity contribution is 4.95. The van der Waals surface area contributed by atoms with Crippen LogP contribution in [0.3, 0.4) is 0 Å². The number of nitrogens with two attached hydrogens (primary N) is 1. The van der Waals surface area contributed by atoms with Gasteiger partial charge in [0.1, 0.15) is 0 Å². The molecule has 20 heavy (non-hydrogen) atoms. The predicted molar refractivity (Wildman–Crippen MR) is 87.9 cm³/mol. The maximum absolute atomic E-state index is 5.93. The Morgan fingerprint density at radius 3 is 2.55 bits per heavy atom. The zero-order valence-electron chi connectivity index (χ0n) is 13.4. The van der Waals surface area contributed by atoms with E-state index < -0.39 is 0 Å². The fourth-order valence-electron chi connectivity index (χ4n) is 2.61. The quantitative estimate of drug-likeness (QED) is 0.442. The maximum Gasteiger partial charge on any atom is 0.0995 e. The van der Waals surface area contributed by atoms with E-state index in [0.29, 0.717) is 6.17 Å². The zero-order chi connectivity index (χ0) is 14.6. The third kappa shape index (κ3) is 6.99. The summed E-state index contributed by atoms with van der Waals surface area (Å²) in [6.07, 6.45) is 20.9. The Labute approximate surface area is 125 Å². The van der Waals surface area contributed by atoms with Gasteiger partial charge >= 0.3 is 0 Å². The summed E-state index contributed by atoms with van der Waals surface area (Å²) < 4.78 is 0. The normalized spacial score (nSPS) is 19.8. The van der Waals surface area contributed by atoms with Gasteiger partial charge in [-0.15, -0.1) is 0 Å². The first kappa shape index (κ1) is 17.1. The second kappa shape index (κ2) is 10.8. The number of rotatable bonds is 11. The van der Waals surface area contributed by atoms with Crippen molar-refractivity contribution in [1.82, 2.24) is 10.2 Å². The van der Waals surface area contributed by atoms with Gasteiger partial charge in [0.05, 0.1) is 12.3 Å². The van der Waals surface area contributed by atoms with E-state index in [9.17, 15) is 0 Å². The molecule has 0 aromatic rings. The van der Waals surface area contributed by atoms with Gasteiger partial charge in [-0.3, -0.25) is 0 Å². The van der Waals surface area contributed by atoms with E-state index >= 15 is 0 Å². The van der Waals surface area contributed by atoms with Gasteiger partial charge in [0, 0.05) is 12.4 Å². The lowest BCUT2D eigenvalue weighted by Gasteiger charge is -2.28. The van der Waals surface area contributed by atoms with E-state index in [4.69, 9.17) is 5.73 Å². The first-order valence-corrected chi connectivity index (χ1v) is 8.36. The second-order valence-corrected chi connectivity index (χ2v) is 5.79. The van der Waals surface area contributed by atoms with Crippen LogP contribution in [0.2, 0.25) is 0 Å². The highest BCUT2D eigenvalue weighted by atomic mass is 15.3. The Kier molecular flexibility index (Phi) is 9.22. The second-order valence-electron chi connectivity index (χ2n) is 5.79. The average molecular weight is 279 g/mol. The van der Waals surface area contributed by atoms with Crippen LogP contribution in [0, 0.1) is 0 Å². The van der Waals surface area contributed by atoms with Crippen LogP contribution in [0.15, 0.2) is 24.6 Å². The van der Waals surface area contributed by atoms with E-state index in [-0.39, 0.29) is 6.17 Å². The predicted octanol–water partition coefficient (Wildman–Crippen LogP) is 4.08. The summed E-state index contributed by atoms with van der Waals surface area (Å²) in [4.78, 5) is 2.19. The van der Waals surface area contributed by atoms with Crippen molar-refractivity contribution in [2.75, 3.05) is 0 Å². The van der Waals surface area contributed by atoms with Gasteiger partial charge in [-0.1, -0.05) is 44.8 Å². The number of allylic oxidation sites excluding steroid dienone is 2. The summed E-state index contributed by atoms with van der Waals surface area (Å²) in [7, 11) is 0. The summed E-state index contributed by atoms with van der Waals surface area (Å²) in [5.41, 5.74) is 5.93. The van der Waals surface area contributed by atoms with Crippen molar-refractivity contribution < 1.29 is 0 Å². The summed E-state index contributed by atoms with van der Waals surface area (Å²) in [5, 5.41) is 3.36. The molecule has 2 unspecified atom stereocenters. The molecule has 0 bridgehead atoms. The molecule has 0 fully saturated rings. The Balaban J connectivity index is 1.96. The van der Waals surface area contributed by atoms with Crippen molar-refractivity contribution in [3.63, 3.8) is 0 Å². The van der Waals surface area contributed by atoms with E-state index in [0.717, 1.165) is 6.42 Å². The summed E-state index contributed by atoms with van der Waals surface area (Å²) in [6, 6.07) is 0. The molecular weight excluding hydrogens is 246 g/mol. The highest BCUT2D eigenvalue weighted by Crippen LogP contribution is 2.13. The van der Waals surface area contributed by atoms with Crippen LogP contribution in [-0.4, -0.2) is 17.2 Å². The molecule has 1 heterocycles. The van der Waals surface area contributed by atoms with E-state index in [1.54, 1.807) is 0 Å². The van der Waals surface area contributed by atoms with E-state index in [2.05, 4.69) is 35.5 Å². The van der Waals surface area contributed by atoms with Crippen LogP contribution in [0.5, 0.6) is 0 Å². The van der Waals surface area contributed by atoms with Crippen molar-refractivity contribution >= 4 is 0 Å². The monoisotopic (exact) mass is 279 g/mol. The number of nitrogens with zero attached hydrogens (tertiary/aromatic N) is 1. The van der Waals surface area contributed by atoms with Gasteiger partial charge in [0.2, 0.25) is 0 Å². The van der Waals surface area contributed by atoms with Crippen molar-refractivity contribution in [2.45, 2.75) is 84.0 Å². The highest BCUT2D eigenvalue weighted by Gasteiger charge is 2.19. The molecule has 0 radical (unpaired) electrons. The first-order valence-electron chi connectivity index (χ1n) is 8.36. The number of hydrogen-bond acceptors (Lipinski definition) is 3. The Morgan fingerprint density at radius 1 is 1.15 bits per heavy atom. The van der Waals surface area contributed by atoms with Crippen molar-refractivity contribution in [3.05, 3.63) is 24.6 Å².